The van der Waals surface area contributed by atoms with Crippen molar-refractivity contribution in [3.8, 4) is 17.1 Å². The fraction of sp³-hybridized carbons (Fsp3) is 0.222. The Kier molecular flexibility index (Phi) is 8.05. The van der Waals surface area contributed by atoms with Gasteiger partial charge in [-0.15, -0.1) is 10.2 Å². The predicted octanol–water partition coefficient (Wildman–Crippen LogP) is 4.43. The summed E-state index contributed by atoms with van der Waals surface area (Å²) in [6, 6.07) is 19.4. The monoisotopic (exact) mass is 485 g/mol. The van der Waals surface area contributed by atoms with Gasteiger partial charge in [-0.3, -0.25) is 24.5 Å². The summed E-state index contributed by atoms with van der Waals surface area (Å²) in [5.74, 6) is 0.00938. The molecular weight excluding hydrogens is 458 g/mol. The molecule has 0 bridgehead atoms. The van der Waals surface area contributed by atoms with Gasteiger partial charge in [-0.05, 0) is 41.7 Å². The number of aromatic nitrogens is 4. The third-order valence-electron chi connectivity index (χ3n) is 5.56. The highest BCUT2D eigenvalue weighted by Gasteiger charge is 2.21. The largest absolute Gasteiger partial charge is 0.295 e. The molecule has 7 nitrogen and oxygen atoms in total. The van der Waals surface area contributed by atoms with E-state index in [9.17, 15) is 9.59 Å². The molecule has 0 radical (unpaired) electrons. The van der Waals surface area contributed by atoms with Gasteiger partial charge in [0.25, 0.3) is 0 Å². The molecular formula is C27H27N5O2S. The average molecular weight is 486 g/mol. The quantitative estimate of drug-likeness (QED) is 0.353. The number of thioether (sulfide) groups is 1. The molecule has 1 N–H and O–H groups in total. The van der Waals surface area contributed by atoms with Crippen molar-refractivity contribution in [1.82, 2.24) is 25.1 Å². The lowest BCUT2D eigenvalue weighted by Crippen LogP contribution is -2.33. The topological polar surface area (TPSA) is 89.8 Å². The summed E-state index contributed by atoms with van der Waals surface area (Å²) >= 11 is 1.26. The van der Waals surface area contributed by atoms with Crippen LogP contribution in [0.5, 0.6) is 0 Å². The molecule has 178 valence electrons. The molecule has 2 heterocycles. The molecule has 2 aromatic carbocycles. The number of carbonyl (C=O) groups excluding carboxylic acids is 2. The average Bonchev–Trinajstić information content (AvgIpc) is 3.31. The Hall–Kier alpha value is -3.78. The van der Waals surface area contributed by atoms with E-state index in [4.69, 9.17) is 0 Å². The van der Waals surface area contributed by atoms with E-state index in [0.29, 0.717) is 11.0 Å². The maximum absolute atomic E-state index is 12.6. The van der Waals surface area contributed by atoms with Crippen molar-refractivity contribution < 1.29 is 9.59 Å². The zero-order valence-electron chi connectivity index (χ0n) is 19.8. The van der Waals surface area contributed by atoms with Crippen LogP contribution in [0, 0.1) is 0 Å². The minimum absolute atomic E-state index is 0.0431. The first-order valence-corrected chi connectivity index (χ1v) is 12.6. The lowest BCUT2D eigenvalue weighted by atomic mass is 10.0. The van der Waals surface area contributed by atoms with Gasteiger partial charge in [0.05, 0.1) is 17.9 Å². The van der Waals surface area contributed by atoms with Gasteiger partial charge in [-0.2, -0.15) is 0 Å². The van der Waals surface area contributed by atoms with Crippen molar-refractivity contribution >= 4 is 23.6 Å². The van der Waals surface area contributed by atoms with Gasteiger partial charge in [0.1, 0.15) is 0 Å². The Balaban J connectivity index is 1.60. The number of nitrogens with zero attached hydrogens (tertiary/aromatic N) is 4. The van der Waals surface area contributed by atoms with Gasteiger partial charge < -0.3 is 0 Å². The number of pyridine rings is 1. The number of hydrogen-bond donors (Lipinski definition) is 1. The van der Waals surface area contributed by atoms with Crippen LogP contribution >= 0.6 is 11.8 Å². The number of imide groups is 1. The highest BCUT2D eigenvalue weighted by molar-refractivity contribution is 7.99. The van der Waals surface area contributed by atoms with Crippen molar-refractivity contribution in [1.29, 1.82) is 0 Å². The molecule has 0 unspecified atom stereocenters. The fourth-order valence-electron chi connectivity index (χ4n) is 3.90. The molecule has 2 aromatic heterocycles. The standard InChI is InChI=1S/C27H27N5O2S/c1-3-20-12-8-13-21(4-2)25(20)32-26(22-14-9-15-28-17-22)30-31-27(32)35-18-24(34)29-23(33)16-19-10-6-5-7-11-19/h5-15,17H,3-4,16,18H2,1-2H3,(H,29,33,34). The maximum atomic E-state index is 12.6. The van der Waals surface area contributed by atoms with Crippen LogP contribution in [-0.4, -0.2) is 37.3 Å². The maximum Gasteiger partial charge on any atom is 0.237 e. The number of rotatable bonds is 9. The van der Waals surface area contributed by atoms with E-state index in [0.717, 1.165) is 29.7 Å². The highest BCUT2D eigenvalue weighted by atomic mass is 32.2. The highest BCUT2D eigenvalue weighted by Crippen LogP contribution is 2.32. The zero-order chi connectivity index (χ0) is 24.6. The Morgan fingerprint density at radius 2 is 1.63 bits per heavy atom. The van der Waals surface area contributed by atoms with E-state index in [2.05, 4.69) is 52.5 Å². The molecule has 35 heavy (non-hydrogen) atoms. The second kappa shape index (κ2) is 11.6. The summed E-state index contributed by atoms with van der Waals surface area (Å²) < 4.78 is 2.01. The summed E-state index contributed by atoms with van der Waals surface area (Å²) in [4.78, 5) is 29.1. The smallest absolute Gasteiger partial charge is 0.237 e. The third kappa shape index (κ3) is 5.84. The number of aryl methyl sites for hydroxylation is 2. The number of benzene rings is 2. The molecule has 0 saturated heterocycles. The number of amides is 2. The Labute approximate surface area is 209 Å². The van der Waals surface area contributed by atoms with Crippen LogP contribution in [-0.2, 0) is 28.9 Å². The van der Waals surface area contributed by atoms with Gasteiger partial charge in [0.2, 0.25) is 11.8 Å². The van der Waals surface area contributed by atoms with Gasteiger partial charge in [0.15, 0.2) is 11.0 Å². The molecule has 0 fully saturated rings. The Morgan fingerprint density at radius 3 is 2.29 bits per heavy atom. The van der Waals surface area contributed by atoms with Crippen LogP contribution in [0.25, 0.3) is 17.1 Å². The van der Waals surface area contributed by atoms with Crippen molar-refractivity contribution in [3.63, 3.8) is 0 Å². The van der Waals surface area contributed by atoms with E-state index in [1.165, 1.54) is 22.9 Å². The molecule has 2 amide bonds. The van der Waals surface area contributed by atoms with Crippen LogP contribution in [0.4, 0.5) is 0 Å². The molecule has 0 saturated carbocycles. The number of hydrogen-bond acceptors (Lipinski definition) is 6. The van der Waals surface area contributed by atoms with Gasteiger partial charge in [0, 0.05) is 18.0 Å². The summed E-state index contributed by atoms with van der Waals surface area (Å²) in [7, 11) is 0. The van der Waals surface area contributed by atoms with Crippen LogP contribution in [0.15, 0.2) is 78.2 Å². The second-order valence-corrected chi connectivity index (χ2v) is 8.88. The van der Waals surface area contributed by atoms with Gasteiger partial charge in [-0.25, -0.2) is 0 Å². The summed E-state index contributed by atoms with van der Waals surface area (Å²) in [6.07, 6.45) is 5.30. The van der Waals surface area contributed by atoms with E-state index in [1.54, 1.807) is 12.4 Å². The molecule has 0 spiro atoms. The van der Waals surface area contributed by atoms with Crippen molar-refractivity contribution in [3.05, 3.63) is 89.7 Å². The van der Waals surface area contributed by atoms with Gasteiger partial charge >= 0.3 is 0 Å². The predicted molar refractivity (Wildman–Crippen MR) is 137 cm³/mol. The summed E-state index contributed by atoms with van der Waals surface area (Å²) in [6.45, 7) is 4.23. The molecule has 4 aromatic rings. The van der Waals surface area contributed by atoms with Crippen LogP contribution < -0.4 is 5.32 Å². The zero-order valence-corrected chi connectivity index (χ0v) is 20.6. The lowest BCUT2D eigenvalue weighted by Gasteiger charge is -2.17. The van der Waals surface area contributed by atoms with E-state index in [-0.39, 0.29) is 24.0 Å². The SMILES string of the molecule is CCc1cccc(CC)c1-n1c(SCC(=O)NC(=O)Cc2ccccc2)nnc1-c1cccnc1. The van der Waals surface area contributed by atoms with Crippen molar-refractivity contribution in [2.24, 2.45) is 0 Å². The first-order chi connectivity index (χ1) is 17.1. The van der Waals surface area contributed by atoms with Crippen LogP contribution in [0.3, 0.4) is 0 Å². The molecule has 8 heteroatoms. The number of carbonyl (C=O) groups is 2. The number of nitrogens with one attached hydrogen (secondary N) is 1. The van der Waals surface area contributed by atoms with Crippen LogP contribution in [0.2, 0.25) is 0 Å². The molecule has 0 atom stereocenters. The molecule has 4 rings (SSSR count). The first-order valence-electron chi connectivity index (χ1n) is 11.6. The minimum atomic E-state index is -0.368. The lowest BCUT2D eigenvalue weighted by molar-refractivity contribution is -0.128. The number of para-hydroxylation sites is 1. The van der Waals surface area contributed by atoms with Crippen molar-refractivity contribution in [2.75, 3.05) is 5.75 Å². The molecule has 0 aliphatic rings. The van der Waals surface area contributed by atoms with E-state index in [1.807, 2.05) is 47.0 Å². The first kappa shape index (κ1) is 24.3. The van der Waals surface area contributed by atoms with Crippen LogP contribution in [0.1, 0.15) is 30.5 Å². The van der Waals surface area contributed by atoms with Crippen molar-refractivity contribution in [2.45, 2.75) is 38.3 Å². The molecule has 0 aliphatic heterocycles. The summed E-state index contributed by atoms with van der Waals surface area (Å²) in [5.41, 5.74) is 5.05. The second-order valence-electron chi connectivity index (χ2n) is 7.94. The Morgan fingerprint density at radius 1 is 0.886 bits per heavy atom. The third-order valence-corrected chi connectivity index (χ3v) is 6.49. The van der Waals surface area contributed by atoms with E-state index < -0.39 is 0 Å². The Bertz CT molecular complexity index is 1280. The van der Waals surface area contributed by atoms with E-state index >= 15 is 0 Å². The minimum Gasteiger partial charge on any atom is -0.295 e. The van der Waals surface area contributed by atoms with Gasteiger partial charge in [-0.1, -0.05) is 74.1 Å². The fourth-order valence-corrected chi connectivity index (χ4v) is 4.63. The summed E-state index contributed by atoms with van der Waals surface area (Å²) in [5, 5.41) is 11.9. The molecule has 0 aliphatic carbocycles. The normalized spacial score (nSPS) is 10.8.